The van der Waals surface area contributed by atoms with E-state index >= 15 is 0 Å². The van der Waals surface area contributed by atoms with Crippen molar-refractivity contribution in [2.75, 3.05) is 111 Å². The number of amides is 2. The lowest BCUT2D eigenvalue weighted by Crippen LogP contribution is -2.31. The Morgan fingerprint density at radius 2 is 0.750 bits per heavy atom. The maximum Gasteiger partial charge on any atom is 0.275 e. The van der Waals surface area contributed by atoms with E-state index in [1.165, 1.54) is 74.5 Å². The van der Waals surface area contributed by atoms with Crippen LogP contribution in [0.25, 0.3) is 12.2 Å². The average molecular weight is 1280 g/mol. The molecule has 0 atom stereocenters. The highest BCUT2D eigenvalue weighted by Gasteiger charge is 2.20. The molecule has 0 aromatic heterocycles. The molecule has 29 heteroatoms. The van der Waals surface area contributed by atoms with Gasteiger partial charge >= 0.3 is 0 Å². The number of ketones is 2. The third-order valence-corrected chi connectivity index (χ3v) is 15.7. The maximum atomic E-state index is 14.8. The number of carbonyl (C=O) groups excluding carboxylic acids is 4. The van der Waals surface area contributed by atoms with Gasteiger partial charge in [0.25, 0.3) is 11.8 Å². The van der Waals surface area contributed by atoms with Crippen molar-refractivity contribution in [1.82, 2.24) is 4.90 Å². The number of ether oxygens (including phenoxy) is 8. The van der Waals surface area contributed by atoms with Gasteiger partial charge in [-0.25, -0.2) is 34.4 Å². The smallest absolute Gasteiger partial charge is 0.275 e. The van der Waals surface area contributed by atoms with Crippen LogP contribution in [-0.4, -0.2) is 168 Å². The predicted octanol–water partition coefficient (Wildman–Crippen LogP) is 5.99. The lowest BCUT2D eigenvalue weighted by atomic mass is 10.1. The molecule has 0 heterocycles. The summed E-state index contributed by atoms with van der Waals surface area (Å²) in [6, 6.07) is 13.9. The molecule has 2 amide bonds. The van der Waals surface area contributed by atoms with Gasteiger partial charge in [-0.1, -0.05) is 0 Å². The molecule has 0 fully saturated rings. The standard InChI is InChI=1S/C59H75F4N7O16S2/c1-40(56(73)68-58(64)65)32-42-34-50(60)54(51(61)35-42)85-46-10-14-48(15-11-46)87(75,76)30-6-20-81-24-28-83-26-22-79-18-4-8-44(71)38-70(3)39-45(72)9-5-19-80-23-27-84-29-25-82-21-7-31-88(77,78)49-16-12-47(13-17-49)86-55-52(62)36-43(37-53(55)63)33-41(2)57(74)69-59(66)67/h10-17,32-37H,4-9,18-31,38-39H2,1-3H3,(H4,64,65,68,73)(H4,66,67,69,74)/b40-32+,41-33+. The molecule has 0 saturated heterocycles. The molecule has 4 rings (SSSR count). The van der Waals surface area contributed by atoms with E-state index in [9.17, 15) is 53.6 Å². The number of hydrogen-bond acceptors (Lipinski definition) is 17. The summed E-state index contributed by atoms with van der Waals surface area (Å²) in [4.78, 5) is 57.1. The minimum absolute atomic E-state index is 0.0158. The Hall–Kier alpha value is -7.48. The van der Waals surface area contributed by atoms with E-state index in [0.29, 0.717) is 39.3 Å². The second-order valence-corrected chi connectivity index (χ2v) is 23.8. The van der Waals surface area contributed by atoms with Crippen molar-refractivity contribution in [3.05, 3.63) is 118 Å². The monoisotopic (exact) mass is 1280 g/mol. The molecular weight excluding hydrogens is 1200 g/mol. The molecule has 0 unspecified atom stereocenters. The number of hydrogen-bond donors (Lipinski definition) is 4. The number of rotatable bonds is 42. The first-order chi connectivity index (χ1) is 41.8. The van der Waals surface area contributed by atoms with Crippen LogP contribution in [0.4, 0.5) is 17.6 Å². The fourth-order valence-corrected chi connectivity index (χ4v) is 10.4. The van der Waals surface area contributed by atoms with Gasteiger partial charge in [-0.2, -0.15) is 9.98 Å². The Labute approximate surface area is 508 Å². The highest BCUT2D eigenvalue weighted by molar-refractivity contribution is 7.91. The van der Waals surface area contributed by atoms with Gasteiger partial charge in [0, 0.05) is 50.4 Å². The minimum Gasteiger partial charge on any atom is -0.451 e. The van der Waals surface area contributed by atoms with Crippen LogP contribution in [-0.2, 0) is 67.3 Å². The Bertz CT molecular complexity index is 3050. The summed E-state index contributed by atoms with van der Waals surface area (Å²) in [5, 5.41) is 0. The molecule has 0 spiro atoms. The summed E-state index contributed by atoms with van der Waals surface area (Å²) in [5.74, 6) is -8.72. The molecule has 4 aromatic rings. The van der Waals surface area contributed by atoms with Gasteiger partial charge in [0.1, 0.15) is 23.1 Å². The Kier molecular flexibility index (Phi) is 31.6. The number of sulfone groups is 2. The van der Waals surface area contributed by atoms with Gasteiger partial charge in [-0.15, -0.1) is 0 Å². The van der Waals surface area contributed by atoms with Crippen LogP contribution >= 0.6 is 0 Å². The summed E-state index contributed by atoms with van der Waals surface area (Å²) < 4.78 is 154. The Morgan fingerprint density at radius 3 is 1.05 bits per heavy atom. The summed E-state index contributed by atoms with van der Waals surface area (Å²) in [6.07, 6.45) is 4.35. The molecule has 0 radical (unpaired) electrons. The molecule has 0 aliphatic carbocycles. The molecule has 0 aliphatic heterocycles. The van der Waals surface area contributed by atoms with Crippen molar-refractivity contribution in [2.45, 2.75) is 62.2 Å². The van der Waals surface area contributed by atoms with Gasteiger partial charge in [-0.05, 0) is 143 Å². The number of Topliss-reactive ketones (excluding diaryl/α,β-unsaturated/α-hetero) is 2. The zero-order chi connectivity index (χ0) is 64.7. The zero-order valence-corrected chi connectivity index (χ0v) is 50.8. The van der Waals surface area contributed by atoms with Crippen molar-refractivity contribution >= 4 is 67.1 Å². The normalized spacial score (nSPS) is 12.0. The average Bonchev–Trinajstić information content (AvgIpc) is 1.53. The summed E-state index contributed by atoms with van der Waals surface area (Å²) in [5.41, 5.74) is 20.8. The van der Waals surface area contributed by atoms with Gasteiger partial charge in [0.05, 0.1) is 87.2 Å². The van der Waals surface area contributed by atoms with Crippen LogP contribution in [0, 0.1) is 23.3 Å². The van der Waals surface area contributed by atoms with E-state index in [1.807, 2.05) is 0 Å². The molecular formula is C59H75F4N7O16S2. The zero-order valence-electron chi connectivity index (χ0n) is 49.2. The van der Waals surface area contributed by atoms with Crippen LogP contribution in [0.2, 0.25) is 0 Å². The molecule has 0 saturated carbocycles. The number of benzene rings is 4. The molecule has 4 aromatic carbocycles. The second kappa shape index (κ2) is 38.0. The minimum atomic E-state index is -3.71. The molecule has 482 valence electrons. The van der Waals surface area contributed by atoms with Crippen molar-refractivity contribution < 1.29 is 91.5 Å². The first-order valence-electron chi connectivity index (χ1n) is 27.7. The van der Waals surface area contributed by atoms with E-state index in [2.05, 4.69) is 9.98 Å². The number of likely N-dealkylation sites (N-methyl/N-ethyl adjacent to an activating group) is 1. The van der Waals surface area contributed by atoms with Crippen LogP contribution < -0.4 is 32.4 Å². The SMILES string of the molecule is C/C(=C\c1cc(F)c(Oc2ccc(S(=O)(=O)CCCOCCOCCOCCCC(=O)CN(C)CC(=O)CCCOCCOCCOCCCS(=O)(=O)c3ccc(Oc4c(F)cc(/C=C(\C)C(=O)N=C(N)N)cc4F)cc3)cc2)c(F)c1)C(=O)N=C(N)N. The fourth-order valence-electron chi connectivity index (χ4n) is 7.80. The highest BCUT2D eigenvalue weighted by Crippen LogP contribution is 2.32. The predicted molar refractivity (Wildman–Crippen MR) is 319 cm³/mol. The van der Waals surface area contributed by atoms with Crippen molar-refractivity contribution in [1.29, 1.82) is 0 Å². The number of halogens is 4. The third-order valence-electron chi connectivity index (χ3n) is 12.0. The number of guanidine groups is 2. The molecule has 0 aliphatic rings. The van der Waals surface area contributed by atoms with E-state index in [0.717, 1.165) is 24.3 Å². The van der Waals surface area contributed by atoms with E-state index in [1.54, 1.807) is 11.9 Å². The fraction of sp³-hybridized carbons (Fsp3) is 0.424. The quantitative estimate of drug-likeness (QED) is 0.0130. The van der Waals surface area contributed by atoms with Gasteiger partial charge in [-0.3, -0.25) is 24.1 Å². The van der Waals surface area contributed by atoms with Crippen molar-refractivity contribution in [3.8, 4) is 23.0 Å². The first-order valence-corrected chi connectivity index (χ1v) is 31.0. The van der Waals surface area contributed by atoms with Gasteiger partial charge in [0.15, 0.2) is 66.4 Å². The number of nitrogens with two attached hydrogens (primary N) is 4. The lowest BCUT2D eigenvalue weighted by Gasteiger charge is -2.15. The van der Waals surface area contributed by atoms with Crippen LogP contribution in [0.3, 0.4) is 0 Å². The van der Waals surface area contributed by atoms with Crippen LogP contribution in [0.5, 0.6) is 23.0 Å². The summed E-state index contributed by atoms with van der Waals surface area (Å²) >= 11 is 0. The van der Waals surface area contributed by atoms with Crippen molar-refractivity contribution in [3.63, 3.8) is 0 Å². The molecule has 88 heavy (non-hydrogen) atoms. The van der Waals surface area contributed by atoms with E-state index in [4.69, 9.17) is 60.8 Å². The number of carbonyl (C=O) groups is 4. The number of nitrogens with zero attached hydrogens (tertiary/aromatic N) is 3. The third kappa shape index (κ3) is 27.7. The van der Waals surface area contributed by atoms with E-state index < -0.39 is 78.2 Å². The van der Waals surface area contributed by atoms with Crippen LogP contribution in [0.15, 0.2) is 104 Å². The second-order valence-electron chi connectivity index (χ2n) is 19.6. The largest absolute Gasteiger partial charge is 0.451 e. The lowest BCUT2D eigenvalue weighted by molar-refractivity contribution is -0.123. The molecule has 0 bridgehead atoms. The maximum absolute atomic E-state index is 14.8. The molecule has 23 nitrogen and oxygen atoms in total. The number of aliphatic imine (C=N–C) groups is 2. The van der Waals surface area contributed by atoms with Crippen LogP contribution in [0.1, 0.15) is 63.5 Å². The highest BCUT2D eigenvalue weighted by atomic mass is 32.2. The van der Waals surface area contributed by atoms with Gasteiger partial charge in [0.2, 0.25) is 0 Å². The topological polar surface area (TPSA) is 342 Å². The Morgan fingerprint density at radius 1 is 0.466 bits per heavy atom. The first kappa shape index (κ1) is 73.0. The summed E-state index contributed by atoms with van der Waals surface area (Å²) in [6.45, 7) is 6.10. The molecule has 8 N–H and O–H groups in total. The summed E-state index contributed by atoms with van der Waals surface area (Å²) in [7, 11) is -5.72. The van der Waals surface area contributed by atoms with E-state index in [-0.39, 0.29) is 158 Å². The Balaban J connectivity index is 0.927. The van der Waals surface area contributed by atoms with Crippen molar-refractivity contribution in [2.24, 2.45) is 32.9 Å². The van der Waals surface area contributed by atoms with Gasteiger partial charge < -0.3 is 60.8 Å².